The highest BCUT2D eigenvalue weighted by molar-refractivity contribution is 7.09. The number of rotatable bonds is 3. The molecule has 84 valence electrons. The van der Waals surface area contributed by atoms with Gasteiger partial charge in [-0.1, -0.05) is 6.07 Å². The van der Waals surface area contributed by atoms with Gasteiger partial charge >= 0.3 is 0 Å². The number of nitrogens with two attached hydrogens (primary N) is 1. The smallest absolute Gasteiger partial charge is 0.291 e. The van der Waals surface area contributed by atoms with Crippen LogP contribution in [0.2, 0.25) is 0 Å². The molecule has 0 aliphatic rings. The number of amides is 1. The number of nitrogens with one attached hydrogen (secondary N) is 1. The maximum absolute atomic E-state index is 11.8. The van der Waals surface area contributed by atoms with E-state index in [1.54, 1.807) is 23.3 Å². The molecule has 0 fully saturated rings. The Morgan fingerprint density at radius 2 is 2.50 bits per heavy atom. The maximum atomic E-state index is 11.8. The van der Waals surface area contributed by atoms with Gasteiger partial charge in [0, 0.05) is 11.9 Å². The molecule has 2 aromatic heterocycles. The summed E-state index contributed by atoms with van der Waals surface area (Å²) in [4.78, 5) is 18.3. The number of nitrogen functional groups attached to an aromatic ring is 1. The highest BCUT2D eigenvalue weighted by atomic mass is 32.1. The Morgan fingerprint density at radius 1 is 1.69 bits per heavy atom. The van der Waals surface area contributed by atoms with Gasteiger partial charge in [-0.2, -0.15) is 4.98 Å². The number of aromatic nitrogens is 3. The molecular formula is C9H11N5OS. The van der Waals surface area contributed by atoms with E-state index in [1.807, 2.05) is 17.5 Å². The zero-order chi connectivity index (χ0) is 11.5. The third-order valence-electron chi connectivity index (χ3n) is 2.03. The Bertz CT molecular complexity index is 478. The Hall–Kier alpha value is -1.89. The van der Waals surface area contributed by atoms with Crippen molar-refractivity contribution < 1.29 is 4.79 Å². The molecule has 0 aromatic carbocycles. The summed E-state index contributed by atoms with van der Waals surface area (Å²) in [6.45, 7) is 0.553. The second-order valence-electron chi connectivity index (χ2n) is 3.28. The minimum Gasteiger partial charge on any atom is -0.366 e. The van der Waals surface area contributed by atoms with Crippen LogP contribution in [-0.4, -0.2) is 33.0 Å². The lowest BCUT2D eigenvalue weighted by Gasteiger charge is -2.13. The molecule has 7 heteroatoms. The van der Waals surface area contributed by atoms with Crippen LogP contribution in [0.1, 0.15) is 15.5 Å². The normalized spacial score (nSPS) is 10.3. The van der Waals surface area contributed by atoms with Crippen molar-refractivity contribution in [2.24, 2.45) is 0 Å². The lowest BCUT2D eigenvalue weighted by molar-refractivity contribution is 0.0775. The highest BCUT2D eigenvalue weighted by Gasteiger charge is 2.16. The van der Waals surface area contributed by atoms with Gasteiger partial charge in [-0.25, -0.2) is 0 Å². The van der Waals surface area contributed by atoms with Crippen LogP contribution >= 0.6 is 11.3 Å². The average Bonchev–Trinajstić information content (AvgIpc) is 2.88. The second-order valence-corrected chi connectivity index (χ2v) is 4.32. The molecule has 0 aliphatic heterocycles. The van der Waals surface area contributed by atoms with Crippen molar-refractivity contribution in [2.45, 2.75) is 6.54 Å². The van der Waals surface area contributed by atoms with E-state index in [0.29, 0.717) is 6.54 Å². The third kappa shape index (κ3) is 2.19. The van der Waals surface area contributed by atoms with Crippen molar-refractivity contribution >= 4 is 23.2 Å². The van der Waals surface area contributed by atoms with Gasteiger partial charge in [-0.3, -0.25) is 9.89 Å². The fraction of sp³-hybridized carbons (Fsp3) is 0.222. The highest BCUT2D eigenvalue weighted by Crippen LogP contribution is 2.11. The van der Waals surface area contributed by atoms with E-state index >= 15 is 0 Å². The first-order valence-corrected chi connectivity index (χ1v) is 5.50. The van der Waals surface area contributed by atoms with E-state index in [4.69, 9.17) is 5.73 Å². The van der Waals surface area contributed by atoms with Crippen LogP contribution in [0.15, 0.2) is 17.5 Å². The predicted octanol–water partition coefficient (Wildman–Crippen LogP) is 0.721. The van der Waals surface area contributed by atoms with Gasteiger partial charge in [-0.15, -0.1) is 16.4 Å². The molecule has 0 bridgehead atoms. The van der Waals surface area contributed by atoms with Crippen LogP contribution in [0.4, 0.5) is 5.95 Å². The van der Waals surface area contributed by atoms with Crippen molar-refractivity contribution in [3.8, 4) is 0 Å². The molecular weight excluding hydrogens is 226 g/mol. The first-order valence-electron chi connectivity index (χ1n) is 4.62. The van der Waals surface area contributed by atoms with Gasteiger partial charge in [0.25, 0.3) is 5.91 Å². The average molecular weight is 237 g/mol. The molecule has 16 heavy (non-hydrogen) atoms. The van der Waals surface area contributed by atoms with Crippen LogP contribution in [0.25, 0.3) is 0 Å². The molecule has 0 unspecified atom stereocenters. The SMILES string of the molecule is CN(Cc1cccs1)C(=O)c1nc(N)n[nH]1. The summed E-state index contributed by atoms with van der Waals surface area (Å²) in [5, 5.41) is 8.08. The Balaban J connectivity index is 2.05. The summed E-state index contributed by atoms with van der Waals surface area (Å²) < 4.78 is 0. The van der Waals surface area contributed by atoms with Crippen LogP contribution in [-0.2, 0) is 6.54 Å². The standard InChI is InChI=1S/C9H11N5OS/c1-14(5-6-3-2-4-16-6)8(15)7-11-9(10)13-12-7/h2-4H,5H2,1H3,(H3,10,11,12,13). The first kappa shape index (κ1) is 10.6. The zero-order valence-electron chi connectivity index (χ0n) is 8.67. The van der Waals surface area contributed by atoms with Crippen LogP contribution in [0, 0.1) is 0 Å². The molecule has 0 saturated carbocycles. The van der Waals surface area contributed by atoms with Crippen LogP contribution in [0.3, 0.4) is 0 Å². The Morgan fingerprint density at radius 3 is 3.06 bits per heavy atom. The van der Waals surface area contributed by atoms with Crippen molar-refractivity contribution in [2.75, 3.05) is 12.8 Å². The number of thiophene rings is 1. The lowest BCUT2D eigenvalue weighted by atomic mass is 10.4. The summed E-state index contributed by atoms with van der Waals surface area (Å²) in [7, 11) is 1.71. The van der Waals surface area contributed by atoms with E-state index in [2.05, 4.69) is 15.2 Å². The summed E-state index contributed by atoms with van der Waals surface area (Å²) in [5.74, 6) is 0.0158. The molecule has 2 aromatic rings. The minimum absolute atomic E-state index is 0.0767. The zero-order valence-corrected chi connectivity index (χ0v) is 9.49. The summed E-state index contributed by atoms with van der Waals surface area (Å²) in [6.07, 6.45) is 0. The van der Waals surface area contributed by atoms with Crippen LogP contribution in [0.5, 0.6) is 0 Å². The molecule has 6 nitrogen and oxygen atoms in total. The molecule has 0 spiro atoms. The third-order valence-corrected chi connectivity index (χ3v) is 2.89. The van der Waals surface area contributed by atoms with E-state index in [0.717, 1.165) is 4.88 Å². The van der Waals surface area contributed by atoms with Gasteiger partial charge < -0.3 is 10.6 Å². The van der Waals surface area contributed by atoms with E-state index in [1.165, 1.54) is 0 Å². The number of carbonyl (C=O) groups excluding carboxylic acids is 1. The molecule has 2 heterocycles. The number of hydrogen-bond acceptors (Lipinski definition) is 5. The number of carbonyl (C=O) groups is 1. The number of anilines is 1. The molecule has 3 N–H and O–H groups in total. The van der Waals surface area contributed by atoms with Crippen molar-refractivity contribution in [3.63, 3.8) is 0 Å². The van der Waals surface area contributed by atoms with E-state index in [9.17, 15) is 4.79 Å². The van der Waals surface area contributed by atoms with Gasteiger partial charge in [0.2, 0.25) is 11.8 Å². The predicted molar refractivity (Wildman–Crippen MR) is 60.9 cm³/mol. The molecule has 0 aliphatic carbocycles. The quantitative estimate of drug-likeness (QED) is 0.823. The fourth-order valence-electron chi connectivity index (χ4n) is 1.26. The molecule has 0 saturated heterocycles. The summed E-state index contributed by atoms with van der Waals surface area (Å²) in [6, 6.07) is 3.92. The van der Waals surface area contributed by atoms with Crippen molar-refractivity contribution in [1.29, 1.82) is 0 Å². The van der Waals surface area contributed by atoms with Gasteiger partial charge in [0.1, 0.15) is 0 Å². The monoisotopic (exact) mass is 237 g/mol. The van der Waals surface area contributed by atoms with Crippen molar-refractivity contribution in [3.05, 3.63) is 28.2 Å². The van der Waals surface area contributed by atoms with Gasteiger partial charge in [0.15, 0.2) is 0 Å². The summed E-state index contributed by atoms with van der Waals surface area (Å²) >= 11 is 1.60. The van der Waals surface area contributed by atoms with Crippen LogP contribution < -0.4 is 5.73 Å². The lowest BCUT2D eigenvalue weighted by Crippen LogP contribution is -2.26. The van der Waals surface area contributed by atoms with Crippen molar-refractivity contribution in [1.82, 2.24) is 20.1 Å². The molecule has 0 radical (unpaired) electrons. The fourth-order valence-corrected chi connectivity index (χ4v) is 2.02. The maximum Gasteiger partial charge on any atom is 0.291 e. The van der Waals surface area contributed by atoms with Gasteiger partial charge in [-0.05, 0) is 11.4 Å². The summed E-state index contributed by atoms with van der Waals surface area (Å²) in [5.41, 5.74) is 5.33. The Kier molecular flexibility index (Phi) is 2.86. The van der Waals surface area contributed by atoms with E-state index < -0.39 is 0 Å². The second kappa shape index (κ2) is 4.31. The Labute approximate surface area is 96.1 Å². The van der Waals surface area contributed by atoms with Gasteiger partial charge in [0.05, 0.1) is 6.54 Å². The minimum atomic E-state index is -0.224. The largest absolute Gasteiger partial charge is 0.366 e. The van der Waals surface area contributed by atoms with E-state index in [-0.39, 0.29) is 17.7 Å². The topological polar surface area (TPSA) is 87.9 Å². The number of nitrogens with zero attached hydrogens (tertiary/aromatic N) is 3. The molecule has 1 amide bonds. The number of aromatic amines is 1. The number of H-pyrrole nitrogens is 1. The number of hydrogen-bond donors (Lipinski definition) is 2. The molecule has 0 atom stereocenters. The molecule has 2 rings (SSSR count). The first-order chi connectivity index (χ1) is 7.66.